The molecule has 1 aliphatic carbocycles. The lowest BCUT2D eigenvalue weighted by Crippen LogP contribution is -2.39. The average molecular weight is 279 g/mol. The highest BCUT2D eigenvalue weighted by molar-refractivity contribution is 5.56. The van der Waals surface area contributed by atoms with Crippen LogP contribution < -0.4 is 16.6 Å². The summed E-state index contributed by atoms with van der Waals surface area (Å²) in [6.07, 6.45) is 5.86. The van der Waals surface area contributed by atoms with Crippen molar-refractivity contribution in [2.24, 2.45) is 5.84 Å². The monoisotopic (exact) mass is 279 g/mol. The minimum Gasteiger partial charge on any atom is -0.388 e. The molecule has 1 fully saturated rings. The number of nitrogen functional groups attached to an aromatic ring is 1. The van der Waals surface area contributed by atoms with Crippen LogP contribution in [0.2, 0.25) is 0 Å². The number of aliphatic hydroxyl groups is 1. The van der Waals surface area contributed by atoms with Gasteiger partial charge in [0.05, 0.1) is 5.60 Å². The van der Waals surface area contributed by atoms with Crippen molar-refractivity contribution in [3.05, 3.63) is 11.4 Å². The molecule has 0 unspecified atom stereocenters. The molecule has 0 aliphatic heterocycles. The van der Waals surface area contributed by atoms with E-state index in [2.05, 4.69) is 20.7 Å². The summed E-state index contributed by atoms with van der Waals surface area (Å²) < 4.78 is 0. The third-order valence-corrected chi connectivity index (χ3v) is 4.01. The van der Waals surface area contributed by atoms with Crippen molar-refractivity contribution in [1.82, 2.24) is 9.97 Å². The van der Waals surface area contributed by atoms with Gasteiger partial charge in [0, 0.05) is 18.5 Å². The van der Waals surface area contributed by atoms with Gasteiger partial charge in [-0.2, -0.15) is 0 Å². The molecule has 0 bridgehead atoms. The van der Waals surface area contributed by atoms with E-state index in [1.807, 2.05) is 13.8 Å². The number of hydrogen-bond donors (Lipinski definition) is 4. The Labute approximate surface area is 120 Å². The third kappa shape index (κ3) is 3.37. The second-order valence-electron chi connectivity index (χ2n) is 5.60. The molecule has 1 aliphatic rings. The molecule has 5 N–H and O–H groups in total. The maximum Gasteiger partial charge on any atom is 0.148 e. The van der Waals surface area contributed by atoms with E-state index in [-0.39, 0.29) is 0 Å². The van der Waals surface area contributed by atoms with Gasteiger partial charge in [-0.15, -0.1) is 0 Å². The van der Waals surface area contributed by atoms with Gasteiger partial charge in [-0.05, 0) is 19.8 Å². The summed E-state index contributed by atoms with van der Waals surface area (Å²) in [5.41, 5.74) is 2.87. The summed E-state index contributed by atoms with van der Waals surface area (Å²) in [5.74, 6) is 7.62. The molecule has 1 aromatic rings. The van der Waals surface area contributed by atoms with E-state index in [9.17, 15) is 5.11 Å². The Morgan fingerprint density at radius 3 is 2.45 bits per heavy atom. The Bertz CT molecular complexity index is 457. The molecule has 112 valence electrons. The Hall–Kier alpha value is -1.40. The molecule has 1 saturated carbocycles. The van der Waals surface area contributed by atoms with Crippen LogP contribution in [0.4, 0.5) is 11.6 Å². The Kier molecular flexibility index (Phi) is 4.77. The first kappa shape index (κ1) is 15.0. The molecule has 6 nitrogen and oxygen atoms in total. The second-order valence-corrected chi connectivity index (χ2v) is 5.60. The summed E-state index contributed by atoms with van der Waals surface area (Å²) >= 11 is 0. The molecule has 0 radical (unpaired) electrons. The first-order valence-corrected chi connectivity index (χ1v) is 7.38. The fraction of sp³-hybridized carbons (Fsp3) is 0.714. The highest BCUT2D eigenvalue weighted by Gasteiger charge is 2.29. The lowest BCUT2D eigenvalue weighted by Gasteiger charge is -2.32. The first-order valence-electron chi connectivity index (χ1n) is 7.38. The largest absolute Gasteiger partial charge is 0.388 e. The quantitative estimate of drug-likeness (QED) is 0.484. The number of rotatable bonds is 5. The van der Waals surface area contributed by atoms with E-state index in [0.29, 0.717) is 12.4 Å². The lowest BCUT2D eigenvalue weighted by atomic mass is 9.85. The van der Waals surface area contributed by atoms with Crippen LogP contribution in [-0.2, 0) is 6.42 Å². The maximum atomic E-state index is 10.5. The molecule has 0 saturated heterocycles. The second kappa shape index (κ2) is 6.37. The molecular weight excluding hydrogens is 254 g/mol. The number of aromatic nitrogens is 2. The van der Waals surface area contributed by atoms with Crippen molar-refractivity contribution >= 4 is 11.6 Å². The van der Waals surface area contributed by atoms with Gasteiger partial charge in [0.15, 0.2) is 0 Å². The van der Waals surface area contributed by atoms with Crippen molar-refractivity contribution in [3.63, 3.8) is 0 Å². The SMILES string of the molecule is CCc1nc(NN)c(C)c(NCC2(O)CCCCC2)n1. The number of hydrogen-bond acceptors (Lipinski definition) is 6. The minimum absolute atomic E-state index is 0.526. The molecule has 6 heteroatoms. The normalized spacial score (nSPS) is 17.8. The Balaban J connectivity index is 2.12. The summed E-state index contributed by atoms with van der Waals surface area (Å²) in [6, 6.07) is 0. The predicted octanol–water partition coefficient (Wildman–Crippen LogP) is 1.74. The van der Waals surface area contributed by atoms with Crippen molar-refractivity contribution in [3.8, 4) is 0 Å². The van der Waals surface area contributed by atoms with Gasteiger partial charge in [0.25, 0.3) is 0 Å². The van der Waals surface area contributed by atoms with E-state index in [0.717, 1.165) is 49.3 Å². The summed E-state index contributed by atoms with van der Waals surface area (Å²) in [6.45, 7) is 4.45. The summed E-state index contributed by atoms with van der Waals surface area (Å²) in [5, 5.41) is 13.8. The molecule has 2 rings (SSSR count). The smallest absolute Gasteiger partial charge is 0.148 e. The van der Waals surface area contributed by atoms with Crippen LogP contribution in [0.25, 0.3) is 0 Å². The van der Waals surface area contributed by atoms with E-state index >= 15 is 0 Å². The van der Waals surface area contributed by atoms with E-state index < -0.39 is 5.60 Å². The van der Waals surface area contributed by atoms with E-state index in [1.165, 1.54) is 6.42 Å². The molecule has 1 heterocycles. The van der Waals surface area contributed by atoms with Crippen molar-refractivity contribution in [2.75, 3.05) is 17.3 Å². The van der Waals surface area contributed by atoms with Gasteiger partial charge in [-0.25, -0.2) is 15.8 Å². The zero-order valence-corrected chi connectivity index (χ0v) is 12.4. The van der Waals surface area contributed by atoms with Crippen LogP contribution in [0.5, 0.6) is 0 Å². The molecule has 0 atom stereocenters. The summed E-state index contributed by atoms with van der Waals surface area (Å²) in [4.78, 5) is 8.82. The van der Waals surface area contributed by atoms with Crippen molar-refractivity contribution in [2.45, 2.75) is 58.0 Å². The van der Waals surface area contributed by atoms with Crippen molar-refractivity contribution < 1.29 is 5.11 Å². The first-order chi connectivity index (χ1) is 9.58. The highest BCUT2D eigenvalue weighted by atomic mass is 16.3. The van der Waals surface area contributed by atoms with Crippen LogP contribution in [0, 0.1) is 6.92 Å². The number of aryl methyl sites for hydroxylation is 1. The van der Waals surface area contributed by atoms with Crippen LogP contribution in [0.15, 0.2) is 0 Å². The number of nitrogens with one attached hydrogen (secondary N) is 2. The topological polar surface area (TPSA) is 96.1 Å². The number of nitrogens with two attached hydrogens (primary N) is 1. The minimum atomic E-state index is -0.613. The van der Waals surface area contributed by atoms with E-state index in [4.69, 9.17) is 5.84 Å². The summed E-state index contributed by atoms with van der Waals surface area (Å²) in [7, 11) is 0. The van der Waals surface area contributed by atoms with Crippen LogP contribution in [0.1, 0.15) is 50.4 Å². The van der Waals surface area contributed by atoms with Crippen LogP contribution in [-0.4, -0.2) is 27.2 Å². The molecule has 0 spiro atoms. The molecular formula is C14H25N5O. The maximum absolute atomic E-state index is 10.5. The zero-order chi connectivity index (χ0) is 14.6. The molecule has 20 heavy (non-hydrogen) atoms. The number of nitrogens with zero attached hydrogens (tertiary/aromatic N) is 2. The fourth-order valence-electron chi connectivity index (χ4n) is 2.67. The predicted molar refractivity (Wildman–Crippen MR) is 80.5 cm³/mol. The van der Waals surface area contributed by atoms with Crippen LogP contribution >= 0.6 is 0 Å². The molecule has 1 aromatic heterocycles. The van der Waals surface area contributed by atoms with Crippen LogP contribution in [0.3, 0.4) is 0 Å². The van der Waals surface area contributed by atoms with Gasteiger partial charge in [-0.1, -0.05) is 26.2 Å². The zero-order valence-electron chi connectivity index (χ0n) is 12.4. The number of anilines is 2. The fourth-order valence-corrected chi connectivity index (χ4v) is 2.67. The van der Waals surface area contributed by atoms with Gasteiger partial charge < -0.3 is 15.8 Å². The lowest BCUT2D eigenvalue weighted by molar-refractivity contribution is 0.0166. The van der Waals surface area contributed by atoms with Gasteiger partial charge >= 0.3 is 0 Å². The van der Waals surface area contributed by atoms with Gasteiger partial charge in [0.1, 0.15) is 17.5 Å². The van der Waals surface area contributed by atoms with Gasteiger partial charge in [-0.3, -0.25) is 0 Å². The Morgan fingerprint density at radius 2 is 1.85 bits per heavy atom. The standard InChI is InChI=1S/C14H25N5O/c1-3-11-17-12(10(2)13(18-11)19-15)16-9-14(20)7-5-4-6-8-14/h20H,3-9,15H2,1-2H3,(H2,16,17,18,19). The molecule has 0 aromatic carbocycles. The average Bonchev–Trinajstić information content (AvgIpc) is 2.47. The van der Waals surface area contributed by atoms with Crippen molar-refractivity contribution in [1.29, 1.82) is 0 Å². The number of hydrazine groups is 1. The highest BCUT2D eigenvalue weighted by Crippen LogP contribution is 2.29. The molecule has 0 amide bonds. The van der Waals surface area contributed by atoms with E-state index in [1.54, 1.807) is 0 Å². The Morgan fingerprint density at radius 1 is 1.20 bits per heavy atom. The van der Waals surface area contributed by atoms with Gasteiger partial charge in [0.2, 0.25) is 0 Å². The third-order valence-electron chi connectivity index (χ3n) is 4.01.